The molecule has 22 heavy (non-hydrogen) atoms. The molecule has 0 aliphatic carbocycles. The van der Waals surface area contributed by atoms with Crippen LogP contribution in [0, 0.1) is 17.5 Å². The molecule has 0 unspecified atom stereocenters. The van der Waals surface area contributed by atoms with Crippen LogP contribution in [-0.2, 0) is 0 Å². The fourth-order valence-corrected chi connectivity index (χ4v) is 2.08. The topological polar surface area (TPSA) is 80.0 Å². The van der Waals surface area contributed by atoms with E-state index in [0.717, 1.165) is 44.5 Å². The molecule has 0 bridgehead atoms. The molecule has 1 aromatic carbocycles. The van der Waals surface area contributed by atoms with Crippen molar-refractivity contribution in [2.75, 3.05) is 13.1 Å². The van der Waals surface area contributed by atoms with Crippen LogP contribution in [-0.4, -0.2) is 29.9 Å². The van der Waals surface area contributed by atoms with Gasteiger partial charge in [-0.05, 0) is 19.3 Å². The number of benzene rings is 1. The van der Waals surface area contributed by atoms with Crippen LogP contribution in [0.25, 0.3) is 0 Å². The molecule has 4 N–H and O–H groups in total. The van der Waals surface area contributed by atoms with E-state index in [1.807, 2.05) is 4.90 Å². The van der Waals surface area contributed by atoms with Gasteiger partial charge in [-0.25, -0.2) is 18.2 Å². The Morgan fingerprint density at radius 3 is 2.09 bits per heavy atom. The predicted octanol–water partition coefficient (Wildman–Crippen LogP) is 2.27. The number of hydrogen-bond donors (Lipinski definition) is 2. The van der Waals surface area contributed by atoms with Crippen molar-refractivity contribution in [2.24, 2.45) is 21.5 Å². The van der Waals surface area contributed by atoms with Crippen LogP contribution in [0.1, 0.15) is 19.3 Å². The van der Waals surface area contributed by atoms with Crippen LogP contribution < -0.4 is 11.5 Å². The summed E-state index contributed by atoms with van der Waals surface area (Å²) >= 11 is 0. The third-order valence-electron chi connectivity index (χ3n) is 3.12. The zero-order valence-corrected chi connectivity index (χ0v) is 12.5. The predicted molar refractivity (Wildman–Crippen MR) is 81.9 cm³/mol. The van der Waals surface area contributed by atoms with Crippen molar-refractivity contribution < 1.29 is 13.2 Å². The minimum absolute atomic E-state index is 0. The average Bonchev–Trinajstić information content (AvgIpc) is 2.45. The lowest BCUT2D eigenvalue weighted by atomic mass is 10.1. The van der Waals surface area contributed by atoms with E-state index in [4.69, 9.17) is 11.5 Å². The standard InChI is InChI=1S/C13H16F3N5.ClH/c14-9-6-8(7-10(15)11(9)16)19-12(17)20-13(18)21-4-2-1-3-5-21;/h6-7H,1-5H2,(H4,17,18,19,20);1H. The number of rotatable bonds is 1. The summed E-state index contributed by atoms with van der Waals surface area (Å²) in [7, 11) is 0. The minimum Gasteiger partial charge on any atom is -0.369 e. The van der Waals surface area contributed by atoms with Crippen LogP contribution in [0.15, 0.2) is 22.1 Å². The lowest BCUT2D eigenvalue weighted by Crippen LogP contribution is -2.41. The lowest BCUT2D eigenvalue weighted by molar-refractivity contribution is 0.339. The van der Waals surface area contributed by atoms with E-state index in [1.54, 1.807) is 0 Å². The van der Waals surface area contributed by atoms with Gasteiger partial charge >= 0.3 is 0 Å². The number of nitrogens with zero attached hydrogens (tertiary/aromatic N) is 3. The Labute approximate surface area is 132 Å². The van der Waals surface area contributed by atoms with Gasteiger partial charge in [0.15, 0.2) is 23.4 Å². The molecule has 1 aliphatic rings. The van der Waals surface area contributed by atoms with Gasteiger partial charge in [0.1, 0.15) is 0 Å². The van der Waals surface area contributed by atoms with E-state index in [2.05, 4.69) is 9.98 Å². The van der Waals surface area contributed by atoms with Crippen molar-refractivity contribution in [3.63, 3.8) is 0 Å². The molecule has 0 saturated carbocycles. The normalized spacial score (nSPS) is 16.4. The van der Waals surface area contributed by atoms with Crippen LogP contribution in [0.5, 0.6) is 0 Å². The maximum absolute atomic E-state index is 13.0. The molecule has 0 atom stereocenters. The first kappa shape index (κ1) is 18.1. The van der Waals surface area contributed by atoms with Gasteiger partial charge in [-0.1, -0.05) is 0 Å². The Kier molecular flexibility index (Phi) is 6.48. The number of likely N-dealkylation sites (tertiary alicyclic amines) is 1. The van der Waals surface area contributed by atoms with Crippen LogP contribution in [0.3, 0.4) is 0 Å². The van der Waals surface area contributed by atoms with Crippen molar-refractivity contribution in [3.8, 4) is 0 Å². The molecule has 0 amide bonds. The molecule has 9 heteroatoms. The summed E-state index contributed by atoms with van der Waals surface area (Å²) in [4.78, 5) is 9.46. The van der Waals surface area contributed by atoms with Crippen LogP contribution >= 0.6 is 12.4 Å². The number of nitrogens with two attached hydrogens (primary N) is 2. The van der Waals surface area contributed by atoms with Gasteiger partial charge in [-0.15, -0.1) is 12.4 Å². The van der Waals surface area contributed by atoms with E-state index in [0.29, 0.717) is 0 Å². The van der Waals surface area contributed by atoms with Crippen molar-refractivity contribution in [2.45, 2.75) is 19.3 Å². The van der Waals surface area contributed by atoms with Gasteiger partial charge < -0.3 is 16.4 Å². The first-order chi connectivity index (χ1) is 9.97. The monoisotopic (exact) mass is 335 g/mol. The Morgan fingerprint density at radius 1 is 1.00 bits per heavy atom. The molecule has 122 valence electrons. The lowest BCUT2D eigenvalue weighted by Gasteiger charge is -2.27. The number of aliphatic imine (C=N–C) groups is 2. The van der Waals surface area contributed by atoms with Gasteiger partial charge in [-0.2, -0.15) is 4.99 Å². The average molecular weight is 336 g/mol. The fourth-order valence-electron chi connectivity index (χ4n) is 2.08. The van der Waals surface area contributed by atoms with Crippen molar-refractivity contribution in [3.05, 3.63) is 29.6 Å². The van der Waals surface area contributed by atoms with Gasteiger partial charge in [0.2, 0.25) is 5.96 Å². The molecule has 0 aromatic heterocycles. The molecule has 1 aromatic rings. The zero-order valence-electron chi connectivity index (χ0n) is 11.7. The largest absolute Gasteiger partial charge is 0.369 e. The highest BCUT2D eigenvalue weighted by Crippen LogP contribution is 2.19. The first-order valence-corrected chi connectivity index (χ1v) is 6.55. The smallest absolute Gasteiger partial charge is 0.223 e. The summed E-state index contributed by atoms with van der Waals surface area (Å²) in [6.07, 6.45) is 3.17. The SMILES string of the molecule is Cl.NC(=Nc1cc(F)c(F)c(F)c1)N=C(N)N1CCCCC1. The molecular formula is C13H17ClF3N5. The van der Waals surface area contributed by atoms with Gasteiger partial charge in [0, 0.05) is 25.2 Å². The number of hydrogen-bond acceptors (Lipinski definition) is 1. The second-order valence-electron chi connectivity index (χ2n) is 4.71. The van der Waals surface area contributed by atoms with Crippen LogP contribution in [0.2, 0.25) is 0 Å². The van der Waals surface area contributed by atoms with Crippen LogP contribution in [0.4, 0.5) is 18.9 Å². The summed E-state index contributed by atoms with van der Waals surface area (Å²) < 4.78 is 38.9. The highest BCUT2D eigenvalue weighted by Gasteiger charge is 2.13. The highest BCUT2D eigenvalue weighted by molar-refractivity contribution is 5.94. The van der Waals surface area contributed by atoms with Gasteiger partial charge in [-0.3, -0.25) is 0 Å². The summed E-state index contributed by atoms with van der Waals surface area (Å²) in [5.74, 6) is -4.27. The summed E-state index contributed by atoms with van der Waals surface area (Å²) in [6.45, 7) is 1.56. The van der Waals surface area contributed by atoms with E-state index in [9.17, 15) is 13.2 Å². The Hall–Kier alpha value is -1.96. The van der Waals surface area contributed by atoms with Crippen molar-refractivity contribution in [1.82, 2.24) is 4.90 Å². The molecule has 2 rings (SSSR count). The maximum atomic E-state index is 13.0. The summed E-state index contributed by atoms with van der Waals surface area (Å²) in [5, 5.41) is 0. The molecule has 1 heterocycles. The quantitative estimate of drug-likeness (QED) is 0.469. The number of halogens is 4. The first-order valence-electron chi connectivity index (χ1n) is 6.55. The number of piperidine rings is 1. The minimum atomic E-state index is -1.55. The molecule has 1 fully saturated rings. The molecule has 0 radical (unpaired) electrons. The zero-order chi connectivity index (χ0) is 15.4. The second kappa shape index (κ2) is 7.88. The Balaban J connectivity index is 0.00000242. The third kappa shape index (κ3) is 4.52. The van der Waals surface area contributed by atoms with E-state index < -0.39 is 17.5 Å². The van der Waals surface area contributed by atoms with Gasteiger partial charge in [0.25, 0.3) is 0 Å². The fraction of sp³-hybridized carbons (Fsp3) is 0.385. The molecular weight excluding hydrogens is 319 g/mol. The van der Waals surface area contributed by atoms with Crippen molar-refractivity contribution >= 4 is 30.0 Å². The Bertz CT molecular complexity index is 562. The highest BCUT2D eigenvalue weighted by atomic mass is 35.5. The maximum Gasteiger partial charge on any atom is 0.223 e. The summed E-state index contributed by atoms with van der Waals surface area (Å²) in [5.41, 5.74) is 11.2. The molecule has 1 saturated heterocycles. The molecule has 0 spiro atoms. The number of guanidine groups is 2. The van der Waals surface area contributed by atoms with E-state index in [1.165, 1.54) is 0 Å². The van der Waals surface area contributed by atoms with Crippen molar-refractivity contribution in [1.29, 1.82) is 0 Å². The molecule has 1 aliphatic heterocycles. The molecule has 5 nitrogen and oxygen atoms in total. The Morgan fingerprint density at radius 2 is 1.55 bits per heavy atom. The summed E-state index contributed by atoms with van der Waals surface area (Å²) in [6, 6.07) is 1.47. The van der Waals surface area contributed by atoms with Gasteiger partial charge in [0.05, 0.1) is 5.69 Å². The van der Waals surface area contributed by atoms with E-state index in [-0.39, 0.29) is 30.0 Å². The third-order valence-corrected chi connectivity index (χ3v) is 3.12. The van der Waals surface area contributed by atoms with E-state index >= 15 is 0 Å². The second-order valence-corrected chi connectivity index (χ2v) is 4.71.